The molecule has 0 fully saturated rings. The predicted molar refractivity (Wildman–Crippen MR) is 158 cm³/mol. The van der Waals surface area contributed by atoms with Gasteiger partial charge in [-0.15, -0.1) is 0 Å². The van der Waals surface area contributed by atoms with Crippen LogP contribution in [0.25, 0.3) is 27.9 Å². The van der Waals surface area contributed by atoms with Crippen molar-refractivity contribution in [2.45, 2.75) is 48.5 Å². The van der Waals surface area contributed by atoms with Crippen LogP contribution in [0.2, 0.25) is 0 Å². The van der Waals surface area contributed by atoms with Gasteiger partial charge >= 0.3 is 5.97 Å². The van der Waals surface area contributed by atoms with Crippen molar-refractivity contribution in [3.05, 3.63) is 77.7 Å². The van der Waals surface area contributed by atoms with Gasteiger partial charge in [0, 0.05) is 47.4 Å². The number of anilines is 1. The summed E-state index contributed by atoms with van der Waals surface area (Å²) >= 11 is 0. The monoisotopic (exact) mass is 503 g/mol. The maximum Gasteiger partial charge on any atom is 0.337 e. The molecule has 0 saturated carbocycles. The minimum atomic E-state index is -0.456. The molecular formula is C32H43N2O3+. The number of ether oxygens (including phenoxy) is 1. The number of carbonyl (C=O) groups is 1. The van der Waals surface area contributed by atoms with Crippen LogP contribution in [0.1, 0.15) is 54.0 Å². The molecule has 0 spiro atoms. The van der Waals surface area contributed by atoms with Crippen LogP contribution < -0.4 is 14.8 Å². The van der Waals surface area contributed by atoms with E-state index in [0.29, 0.717) is 11.1 Å². The molecule has 0 unspecified atom stereocenters. The molecule has 1 aliphatic carbocycles. The van der Waals surface area contributed by atoms with E-state index in [2.05, 4.69) is 80.1 Å². The average molecular weight is 504 g/mol. The van der Waals surface area contributed by atoms with Gasteiger partial charge in [-0.1, -0.05) is 38.7 Å². The first-order valence-electron chi connectivity index (χ1n) is 13.4. The lowest BCUT2D eigenvalue weighted by Gasteiger charge is -2.23. The third kappa shape index (κ3) is 6.40. The predicted octanol–water partition coefficient (Wildman–Crippen LogP) is 6.91. The van der Waals surface area contributed by atoms with E-state index in [0.717, 1.165) is 65.1 Å². The van der Waals surface area contributed by atoms with Crippen LogP contribution in [0.15, 0.2) is 71.2 Å². The summed E-state index contributed by atoms with van der Waals surface area (Å²) in [5.41, 5.74) is 4.71. The van der Waals surface area contributed by atoms with Crippen molar-refractivity contribution in [1.29, 1.82) is 0 Å². The molecule has 0 amide bonds. The molecule has 1 heterocycles. The number of esters is 1. The van der Waals surface area contributed by atoms with Crippen LogP contribution in [-0.4, -0.2) is 39.3 Å². The molecule has 0 radical (unpaired) electrons. The highest BCUT2D eigenvalue weighted by atomic mass is 16.5. The Morgan fingerprint density at radius 2 is 1.73 bits per heavy atom. The van der Waals surface area contributed by atoms with Gasteiger partial charge in [0.2, 0.25) is 5.36 Å². The fourth-order valence-corrected chi connectivity index (χ4v) is 4.49. The molecule has 0 aromatic heterocycles. The number of methoxy groups -OCH3 is 1. The maximum absolute atomic E-state index is 12.6. The standard InChI is InChI=1S/C30H37N2O3.C2H6/c1-8-13-14-24(21(6)30(33)34-7)29-25-17-15-22(31(9-2)10-3)19-27(25)35-28-20-23(16-18-26(28)29)32(11-4)12-5;1-2/h8,13-20H,6,9-12H2,1-5,7H3;1-2H3/q+1;/b13-8-,24-14+;. The molecule has 5 heteroatoms. The molecule has 198 valence electrons. The Bertz CT molecular complexity index is 1320. The number of benzene rings is 2. The Morgan fingerprint density at radius 1 is 1.05 bits per heavy atom. The number of rotatable bonds is 9. The van der Waals surface area contributed by atoms with Gasteiger partial charge < -0.3 is 14.1 Å². The van der Waals surface area contributed by atoms with Crippen molar-refractivity contribution in [1.82, 2.24) is 4.58 Å². The average Bonchev–Trinajstić information content (AvgIpc) is 2.94. The molecule has 5 nitrogen and oxygen atoms in total. The number of hydrogen-bond donors (Lipinski definition) is 0. The summed E-state index contributed by atoms with van der Waals surface area (Å²) < 4.78 is 13.8. The van der Waals surface area contributed by atoms with Gasteiger partial charge in [0.25, 0.3) is 0 Å². The lowest BCUT2D eigenvalue weighted by Crippen LogP contribution is -2.29. The highest BCUT2D eigenvalue weighted by molar-refractivity contribution is 6.12. The van der Waals surface area contributed by atoms with Gasteiger partial charge in [-0.25, -0.2) is 9.37 Å². The summed E-state index contributed by atoms with van der Waals surface area (Å²) in [4.78, 5) is 14.9. The van der Waals surface area contributed by atoms with Crippen molar-refractivity contribution < 1.29 is 13.9 Å². The van der Waals surface area contributed by atoms with Gasteiger partial charge in [-0.05, 0) is 58.4 Å². The highest BCUT2D eigenvalue weighted by Crippen LogP contribution is 2.40. The molecule has 0 saturated heterocycles. The Hall–Kier alpha value is -3.60. The van der Waals surface area contributed by atoms with Gasteiger partial charge in [0.15, 0.2) is 0 Å². The molecule has 1 aromatic carbocycles. The molecule has 0 atom stereocenters. The molecule has 37 heavy (non-hydrogen) atoms. The van der Waals surface area contributed by atoms with E-state index >= 15 is 0 Å². The number of allylic oxidation sites excluding steroid dienone is 3. The molecule has 1 aliphatic heterocycles. The Labute approximate surface area is 222 Å². The van der Waals surface area contributed by atoms with E-state index in [1.54, 1.807) is 0 Å². The van der Waals surface area contributed by atoms with Crippen molar-refractivity contribution in [3.8, 4) is 11.3 Å². The first-order chi connectivity index (χ1) is 17.9. The van der Waals surface area contributed by atoms with Crippen LogP contribution in [0, 0.1) is 0 Å². The largest absolute Gasteiger partial charge is 0.465 e. The second kappa shape index (κ2) is 14.2. The van der Waals surface area contributed by atoms with Crippen molar-refractivity contribution in [2.24, 2.45) is 0 Å². The summed E-state index contributed by atoms with van der Waals surface area (Å²) in [6, 6.07) is 12.5. The summed E-state index contributed by atoms with van der Waals surface area (Å²) in [5, 5.41) is 2.02. The summed E-state index contributed by atoms with van der Waals surface area (Å²) in [7, 11) is 1.38. The third-order valence-electron chi connectivity index (χ3n) is 6.43. The molecule has 0 bridgehead atoms. The highest BCUT2D eigenvalue weighted by Gasteiger charge is 2.24. The zero-order valence-electron chi connectivity index (χ0n) is 23.9. The molecule has 3 rings (SSSR count). The van der Waals surface area contributed by atoms with Crippen molar-refractivity contribution in [3.63, 3.8) is 0 Å². The smallest absolute Gasteiger partial charge is 0.337 e. The number of hydrogen-bond acceptors (Lipinski definition) is 4. The number of nitrogens with zero attached hydrogens (tertiary/aromatic N) is 2. The summed E-state index contributed by atoms with van der Waals surface area (Å²) in [6.07, 6.45) is 5.77. The summed E-state index contributed by atoms with van der Waals surface area (Å²) in [5.74, 6) is 0.306. The van der Waals surface area contributed by atoms with E-state index in [1.165, 1.54) is 7.11 Å². The van der Waals surface area contributed by atoms with Gasteiger partial charge in [-0.3, -0.25) is 0 Å². The number of fused-ring (bicyclic) bond motifs is 2. The fourth-order valence-electron chi connectivity index (χ4n) is 4.49. The van der Waals surface area contributed by atoms with Crippen LogP contribution >= 0.6 is 0 Å². The molecule has 1 aromatic rings. The van der Waals surface area contributed by atoms with E-state index < -0.39 is 5.97 Å². The Kier molecular flexibility index (Phi) is 11.4. The van der Waals surface area contributed by atoms with Gasteiger partial charge in [-0.2, -0.15) is 0 Å². The lowest BCUT2D eigenvalue weighted by atomic mass is 9.89. The van der Waals surface area contributed by atoms with Gasteiger partial charge in [0.05, 0.1) is 18.7 Å². The molecular weight excluding hydrogens is 460 g/mol. The van der Waals surface area contributed by atoms with Crippen LogP contribution in [0.5, 0.6) is 0 Å². The molecule has 2 aliphatic rings. The Morgan fingerprint density at radius 3 is 2.30 bits per heavy atom. The minimum Gasteiger partial charge on any atom is -0.465 e. The van der Waals surface area contributed by atoms with Crippen LogP contribution in [0.3, 0.4) is 0 Å². The van der Waals surface area contributed by atoms with Crippen LogP contribution in [0.4, 0.5) is 5.69 Å². The Balaban J connectivity index is 0.00000235. The zero-order valence-corrected chi connectivity index (χ0v) is 23.9. The van der Waals surface area contributed by atoms with E-state index in [9.17, 15) is 4.79 Å². The lowest BCUT2D eigenvalue weighted by molar-refractivity contribution is -0.135. The maximum atomic E-state index is 12.6. The zero-order chi connectivity index (χ0) is 27.5. The van der Waals surface area contributed by atoms with E-state index in [1.807, 2.05) is 39.0 Å². The third-order valence-corrected chi connectivity index (χ3v) is 6.43. The second-order valence-electron chi connectivity index (χ2n) is 8.26. The second-order valence-corrected chi connectivity index (χ2v) is 8.26. The molecule has 0 N–H and O–H groups in total. The van der Waals surface area contributed by atoms with E-state index in [4.69, 9.17) is 9.15 Å². The SMILES string of the molecule is C=C(C(=O)OC)/C(=C\C=C/C)c1c2ccc(=[N+](CC)CC)cc-2oc2cc(N(CC)CC)ccc12.CC. The normalized spacial score (nSPS) is 11.4. The number of carbonyl (C=O) groups excluding carboxylic acids is 1. The summed E-state index contributed by atoms with van der Waals surface area (Å²) in [6.45, 7) is 22.2. The van der Waals surface area contributed by atoms with Crippen molar-refractivity contribution in [2.75, 3.05) is 38.2 Å². The minimum absolute atomic E-state index is 0.306. The van der Waals surface area contributed by atoms with Crippen LogP contribution in [-0.2, 0) is 9.53 Å². The fraction of sp³-hybridized carbons (Fsp3) is 0.375. The first-order valence-corrected chi connectivity index (χ1v) is 13.4. The quantitative estimate of drug-likeness (QED) is 0.105. The topological polar surface area (TPSA) is 45.7 Å². The van der Waals surface area contributed by atoms with E-state index in [-0.39, 0.29) is 0 Å². The van der Waals surface area contributed by atoms with Crippen molar-refractivity contribution >= 4 is 28.2 Å². The van der Waals surface area contributed by atoms with Gasteiger partial charge in [0.1, 0.15) is 24.4 Å². The first kappa shape index (κ1) is 29.6.